The van der Waals surface area contributed by atoms with Gasteiger partial charge < -0.3 is 5.41 Å². The van der Waals surface area contributed by atoms with Crippen LogP contribution in [0.1, 0.15) is 20.8 Å². The molecular weight excluding hydrogens is 136 g/mol. The maximum atomic E-state index is 8.53. The highest BCUT2D eigenvalue weighted by atomic mass is 14.3. The SMILES string of the molecule is CC=C(C=N)C(C)=C(C)C#N. The third-order valence-electron chi connectivity index (χ3n) is 1.63. The Morgan fingerprint density at radius 3 is 2.27 bits per heavy atom. The summed E-state index contributed by atoms with van der Waals surface area (Å²) in [4.78, 5) is 0. The molecule has 0 unspecified atom stereocenters. The van der Waals surface area contributed by atoms with Crippen LogP contribution >= 0.6 is 0 Å². The van der Waals surface area contributed by atoms with Crippen LogP contribution in [-0.4, -0.2) is 6.21 Å². The van der Waals surface area contributed by atoms with E-state index in [0.29, 0.717) is 5.57 Å². The molecule has 0 aliphatic heterocycles. The molecule has 0 bridgehead atoms. The lowest BCUT2D eigenvalue weighted by molar-refractivity contribution is 1.32. The first kappa shape index (κ1) is 9.64. The molecule has 0 aliphatic rings. The molecule has 0 saturated carbocycles. The lowest BCUT2D eigenvalue weighted by Crippen LogP contribution is -1.88. The second-order valence-electron chi connectivity index (χ2n) is 2.25. The fourth-order valence-electron chi connectivity index (χ4n) is 0.708. The van der Waals surface area contributed by atoms with Crippen molar-refractivity contribution >= 4 is 6.21 Å². The van der Waals surface area contributed by atoms with Crippen molar-refractivity contribution < 1.29 is 0 Å². The van der Waals surface area contributed by atoms with Gasteiger partial charge in [-0.25, -0.2) is 0 Å². The van der Waals surface area contributed by atoms with E-state index in [1.54, 1.807) is 6.92 Å². The van der Waals surface area contributed by atoms with E-state index >= 15 is 0 Å². The molecule has 0 atom stereocenters. The number of nitrogens with one attached hydrogen (secondary N) is 1. The van der Waals surface area contributed by atoms with E-state index < -0.39 is 0 Å². The van der Waals surface area contributed by atoms with Gasteiger partial charge in [-0.05, 0) is 31.9 Å². The summed E-state index contributed by atoms with van der Waals surface area (Å²) in [6, 6.07) is 2.05. The average Bonchev–Trinajstić information content (AvgIpc) is 2.05. The van der Waals surface area contributed by atoms with Crippen LogP contribution in [0.25, 0.3) is 0 Å². The van der Waals surface area contributed by atoms with E-state index in [0.717, 1.165) is 11.1 Å². The number of hydrogen-bond donors (Lipinski definition) is 1. The van der Waals surface area contributed by atoms with E-state index in [-0.39, 0.29) is 0 Å². The Morgan fingerprint density at radius 1 is 1.45 bits per heavy atom. The molecule has 0 aromatic carbocycles. The molecule has 0 spiro atoms. The summed E-state index contributed by atoms with van der Waals surface area (Å²) >= 11 is 0. The smallest absolute Gasteiger partial charge is 0.0947 e. The number of allylic oxidation sites excluding steroid dienone is 4. The molecule has 0 aliphatic carbocycles. The van der Waals surface area contributed by atoms with Gasteiger partial charge in [-0.2, -0.15) is 5.26 Å². The van der Waals surface area contributed by atoms with Gasteiger partial charge in [0.05, 0.1) is 6.07 Å². The van der Waals surface area contributed by atoms with Crippen LogP contribution in [0.4, 0.5) is 0 Å². The predicted molar refractivity (Wildman–Crippen MR) is 46.5 cm³/mol. The van der Waals surface area contributed by atoms with Gasteiger partial charge in [-0.1, -0.05) is 6.08 Å². The summed E-state index contributed by atoms with van der Waals surface area (Å²) in [5, 5.41) is 15.6. The van der Waals surface area contributed by atoms with Crippen molar-refractivity contribution in [1.29, 1.82) is 10.7 Å². The van der Waals surface area contributed by atoms with Crippen molar-refractivity contribution in [2.45, 2.75) is 20.8 Å². The zero-order valence-electron chi connectivity index (χ0n) is 7.10. The Labute approximate surface area is 67.4 Å². The van der Waals surface area contributed by atoms with Crippen LogP contribution in [0.3, 0.4) is 0 Å². The number of hydrogen-bond acceptors (Lipinski definition) is 2. The molecule has 0 aromatic heterocycles. The van der Waals surface area contributed by atoms with Crippen LogP contribution in [0, 0.1) is 16.7 Å². The maximum absolute atomic E-state index is 8.53. The lowest BCUT2D eigenvalue weighted by atomic mass is 10.0. The Kier molecular flexibility index (Phi) is 3.90. The molecular formula is C9H12N2. The molecule has 1 N–H and O–H groups in total. The predicted octanol–water partition coefficient (Wildman–Crippen LogP) is 2.44. The monoisotopic (exact) mass is 148 g/mol. The minimum atomic E-state index is 0.668. The summed E-state index contributed by atoms with van der Waals surface area (Å²) in [6.45, 7) is 5.45. The van der Waals surface area contributed by atoms with Crippen molar-refractivity contribution in [3.05, 3.63) is 22.8 Å². The van der Waals surface area contributed by atoms with E-state index in [1.807, 2.05) is 26.0 Å². The molecule has 0 saturated heterocycles. The van der Waals surface area contributed by atoms with Gasteiger partial charge in [0, 0.05) is 11.8 Å². The minimum Gasteiger partial charge on any atom is -0.308 e. The molecule has 2 heteroatoms. The normalized spacial score (nSPS) is 13.5. The Bertz CT molecular complexity index is 251. The van der Waals surface area contributed by atoms with Crippen LogP contribution < -0.4 is 0 Å². The molecule has 0 heterocycles. The second-order valence-corrected chi connectivity index (χ2v) is 2.25. The Hall–Kier alpha value is -1.36. The summed E-state index contributed by atoms with van der Waals surface area (Å²) < 4.78 is 0. The molecule has 0 radical (unpaired) electrons. The molecule has 2 nitrogen and oxygen atoms in total. The van der Waals surface area contributed by atoms with Gasteiger partial charge >= 0.3 is 0 Å². The first-order chi connectivity index (χ1) is 5.17. The van der Waals surface area contributed by atoms with Gasteiger partial charge in [-0.3, -0.25) is 0 Å². The quantitative estimate of drug-likeness (QED) is 0.365. The standard InChI is InChI=1S/C9H12N2/c1-4-9(6-11)8(3)7(2)5-10/h4,6,11H,1-3H3. The lowest BCUT2D eigenvalue weighted by Gasteiger charge is -1.99. The van der Waals surface area contributed by atoms with Gasteiger partial charge in [0.15, 0.2) is 0 Å². The molecule has 58 valence electrons. The van der Waals surface area contributed by atoms with Crippen LogP contribution in [-0.2, 0) is 0 Å². The highest BCUT2D eigenvalue weighted by Crippen LogP contribution is 2.10. The topological polar surface area (TPSA) is 47.6 Å². The van der Waals surface area contributed by atoms with Crippen molar-refractivity contribution in [2.24, 2.45) is 0 Å². The van der Waals surface area contributed by atoms with Gasteiger partial charge in [0.2, 0.25) is 0 Å². The minimum absolute atomic E-state index is 0.668. The largest absolute Gasteiger partial charge is 0.308 e. The van der Waals surface area contributed by atoms with E-state index in [1.165, 1.54) is 6.21 Å². The molecule has 0 amide bonds. The molecule has 0 rings (SSSR count). The molecule has 0 aromatic rings. The van der Waals surface area contributed by atoms with Gasteiger partial charge in [0.25, 0.3) is 0 Å². The third-order valence-corrected chi connectivity index (χ3v) is 1.63. The Morgan fingerprint density at radius 2 is 2.00 bits per heavy atom. The summed E-state index contributed by atoms with van der Waals surface area (Å²) in [5.74, 6) is 0. The van der Waals surface area contributed by atoms with Crippen LogP contribution in [0.5, 0.6) is 0 Å². The van der Waals surface area contributed by atoms with Crippen LogP contribution in [0.15, 0.2) is 22.8 Å². The molecule has 11 heavy (non-hydrogen) atoms. The van der Waals surface area contributed by atoms with E-state index in [4.69, 9.17) is 10.7 Å². The number of rotatable bonds is 2. The van der Waals surface area contributed by atoms with Crippen molar-refractivity contribution in [3.63, 3.8) is 0 Å². The summed E-state index contributed by atoms with van der Waals surface area (Å²) in [7, 11) is 0. The zero-order valence-corrected chi connectivity index (χ0v) is 7.10. The van der Waals surface area contributed by atoms with Crippen molar-refractivity contribution in [1.82, 2.24) is 0 Å². The highest BCUT2D eigenvalue weighted by molar-refractivity contribution is 5.82. The summed E-state index contributed by atoms with van der Waals surface area (Å²) in [5.41, 5.74) is 2.36. The van der Waals surface area contributed by atoms with Gasteiger partial charge in [0.1, 0.15) is 0 Å². The highest BCUT2D eigenvalue weighted by Gasteiger charge is 1.98. The van der Waals surface area contributed by atoms with Crippen molar-refractivity contribution in [3.8, 4) is 6.07 Å². The summed E-state index contributed by atoms with van der Waals surface area (Å²) in [6.07, 6.45) is 3.08. The van der Waals surface area contributed by atoms with Crippen molar-refractivity contribution in [2.75, 3.05) is 0 Å². The van der Waals surface area contributed by atoms with E-state index in [9.17, 15) is 0 Å². The van der Waals surface area contributed by atoms with Crippen LogP contribution in [0.2, 0.25) is 0 Å². The Balaban J connectivity index is 4.90. The number of nitriles is 1. The first-order valence-electron chi connectivity index (χ1n) is 3.42. The first-order valence-corrected chi connectivity index (χ1v) is 3.42. The third kappa shape index (κ3) is 2.38. The zero-order chi connectivity index (χ0) is 8.85. The fourth-order valence-corrected chi connectivity index (χ4v) is 0.708. The average molecular weight is 148 g/mol. The fraction of sp³-hybridized carbons (Fsp3) is 0.333. The number of nitrogens with zero attached hydrogens (tertiary/aromatic N) is 1. The van der Waals surface area contributed by atoms with E-state index in [2.05, 4.69) is 0 Å². The molecule has 0 fully saturated rings. The second kappa shape index (κ2) is 4.45. The van der Waals surface area contributed by atoms with Gasteiger partial charge in [-0.15, -0.1) is 0 Å². The maximum Gasteiger partial charge on any atom is 0.0947 e.